The van der Waals surface area contributed by atoms with E-state index in [1.165, 1.54) is 16.9 Å². The monoisotopic (exact) mass is 384 g/mol. The zero-order chi connectivity index (χ0) is 17.8. The molecule has 2 aromatic carbocycles. The minimum Gasteiger partial charge on any atom is -0.235 e. The van der Waals surface area contributed by atoms with Crippen LogP contribution < -0.4 is 0 Å². The fourth-order valence-corrected chi connectivity index (χ4v) is 3.44. The van der Waals surface area contributed by atoms with Crippen LogP contribution in [-0.2, 0) is 6.42 Å². The molecule has 0 N–H and O–H groups in total. The molecule has 0 fully saturated rings. The molecule has 5 heteroatoms. The summed E-state index contributed by atoms with van der Waals surface area (Å²) in [6.45, 7) is 2.12. The zero-order valence-electron chi connectivity index (χ0n) is 13.5. The molecule has 124 valence electrons. The number of rotatable bonds is 4. The third-order valence-corrected chi connectivity index (χ3v) is 5.38. The predicted octanol–water partition coefficient (Wildman–Crippen LogP) is 6.74. The van der Waals surface area contributed by atoms with Gasteiger partial charge in [-0.3, -0.25) is 0 Å². The molecule has 0 atom stereocenters. The number of aromatic nitrogens is 1. The average Bonchev–Trinajstić information content (AvgIpc) is 3.12. The lowest BCUT2D eigenvalue weighted by atomic mass is 10.1. The van der Waals surface area contributed by atoms with E-state index < -0.39 is 0 Å². The molecule has 0 saturated carbocycles. The van der Waals surface area contributed by atoms with Crippen LogP contribution in [0.25, 0.3) is 22.9 Å². The molecule has 0 aliphatic heterocycles. The molecule has 1 heterocycles. The van der Waals surface area contributed by atoms with E-state index in [-0.39, 0.29) is 0 Å². The Bertz CT molecular complexity index is 966. The number of halogens is 2. The van der Waals surface area contributed by atoms with Crippen LogP contribution in [0, 0.1) is 11.3 Å². The molecule has 3 rings (SSSR count). The van der Waals surface area contributed by atoms with Gasteiger partial charge in [0, 0.05) is 10.9 Å². The highest BCUT2D eigenvalue weighted by molar-refractivity contribution is 7.11. The molecule has 0 bridgehead atoms. The smallest absolute Gasteiger partial charge is 0.134 e. The van der Waals surface area contributed by atoms with Gasteiger partial charge >= 0.3 is 0 Å². The Morgan fingerprint density at radius 2 is 1.92 bits per heavy atom. The minimum absolute atomic E-state index is 0.487. The predicted molar refractivity (Wildman–Crippen MR) is 107 cm³/mol. The van der Waals surface area contributed by atoms with Gasteiger partial charge in [-0.1, -0.05) is 60.5 Å². The van der Waals surface area contributed by atoms with Crippen LogP contribution in [0.1, 0.15) is 23.1 Å². The average molecular weight is 385 g/mol. The van der Waals surface area contributed by atoms with Gasteiger partial charge in [-0.2, -0.15) is 5.26 Å². The number of aryl methyl sites for hydroxylation is 1. The van der Waals surface area contributed by atoms with Crippen LogP contribution in [-0.4, -0.2) is 4.98 Å². The van der Waals surface area contributed by atoms with Crippen LogP contribution in [0.15, 0.2) is 47.8 Å². The van der Waals surface area contributed by atoms with Crippen molar-refractivity contribution in [1.29, 1.82) is 5.26 Å². The Labute approximate surface area is 161 Å². The number of nitrogens with zero attached hydrogens (tertiary/aromatic N) is 2. The second kappa shape index (κ2) is 7.84. The number of thiazole rings is 1. The third-order valence-electron chi connectivity index (χ3n) is 3.77. The summed E-state index contributed by atoms with van der Waals surface area (Å²) in [5.41, 5.74) is 4.45. The summed E-state index contributed by atoms with van der Waals surface area (Å²) in [6.07, 6.45) is 2.85. The van der Waals surface area contributed by atoms with Gasteiger partial charge in [-0.15, -0.1) is 11.3 Å². The van der Waals surface area contributed by atoms with Crippen LogP contribution in [0.2, 0.25) is 10.0 Å². The van der Waals surface area contributed by atoms with Gasteiger partial charge in [-0.25, -0.2) is 4.98 Å². The normalized spacial score (nSPS) is 11.4. The van der Waals surface area contributed by atoms with Crippen molar-refractivity contribution in [1.82, 2.24) is 4.98 Å². The van der Waals surface area contributed by atoms with Gasteiger partial charge in [-0.05, 0) is 35.8 Å². The summed E-state index contributed by atoms with van der Waals surface area (Å²) >= 11 is 13.5. The third kappa shape index (κ3) is 4.11. The van der Waals surface area contributed by atoms with Crippen molar-refractivity contribution in [2.45, 2.75) is 13.3 Å². The maximum atomic E-state index is 9.51. The summed E-state index contributed by atoms with van der Waals surface area (Å²) in [6, 6.07) is 15.8. The minimum atomic E-state index is 0.487. The Kier molecular flexibility index (Phi) is 5.55. The fraction of sp³-hybridized carbons (Fsp3) is 0.100. The van der Waals surface area contributed by atoms with E-state index in [1.54, 1.807) is 12.1 Å². The fourth-order valence-electron chi connectivity index (χ4n) is 2.34. The molecule has 1 aromatic heterocycles. The first-order chi connectivity index (χ1) is 12.1. The maximum Gasteiger partial charge on any atom is 0.134 e. The molecule has 0 amide bonds. The van der Waals surface area contributed by atoms with Crippen LogP contribution >= 0.6 is 34.5 Å². The van der Waals surface area contributed by atoms with Crippen molar-refractivity contribution in [2.75, 3.05) is 0 Å². The summed E-state index contributed by atoms with van der Waals surface area (Å²) in [4.78, 5) is 4.58. The Morgan fingerprint density at radius 1 is 1.16 bits per heavy atom. The molecule has 2 nitrogen and oxygen atoms in total. The van der Waals surface area contributed by atoms with Gasteiger partial charge in [0.25, 0.3) is 0 Å². The lowest BCUT2D eigenvalue weighted by Crippen LogP contribution is -1.84. The summed E-state index contributed by atoms with van der Waals surface area (Å²) < 4.78 is 0. The molecule has 0 aliphatic carbocycles. The van der Waals surface area contributed by atoms with Crippen molar-refractivity contribution in [2.24, 2.45) is 0 Å². The van der Waals surface area contributed by atoms with E-state index >= 15 is 0 Å². The number of hydrogen-bond donors (Lipinski definition) is 0. The second-order valence-corrected chi connectivity index (χ2v) is 7.10. The molecular formula is C20H14Cl2N2S. The Hall–Kier alpha value is -2.12. The van der Waals surface area contributed by atoms with Crippen molar-refractivity contribution in [3.8, 4) is 17.3 Å². The van der Waals surface area contributed by atoms with E-state index in [0.717, 1.165) is 23.2 Å². The number of benzene rings is 2. The lowest BCUT2D eigenvalue weighted by molar-refractivity contribution is 1.14. The zero-order valence-corrected chi connectivity index (χ0v) is 15.8. The number of nitriles is 1. The first-order valence-corrected chi connectivity index (χ1v) is 9.36. The largest absolute Gasteiger partial charge is 0.235 e. The highest BCUT2D eigenvalue weighted by atomic mass is 35.5. The second-order valence-electron chi connectivity index (χ2n) is 5.43. The van der Waals surface area contributed by atoms with E-state index in [4.69, 9.17) is 23.2 Å². The molecular weight excluding hydrogens is 371 g/mol. The van der Waals surface area contributed by atoms with E-state index in [1.807, 2.05) is 29.7 Å². The molecule has 3 aromatic rings. The van der Waals surface area contributed by atoms with Crippen molar-refractivity contribution >= 4 is 46.2 Å². The van der Waals surface area contributed by atoms with Gasteiger partial charge in [0.15, 0.2) is 0 Å². The quantitative estimate of drug-likeness (QED) is 0.466. The van der Waals surface area contributed by atoms with Crippen LogP contribution in [0.3, 0.4) is 0 Å². The number of hydrogen-bond acceptors (Lipinski definition) is 3. The van der Waals surface area contributed by atoms with Gasteiger partial charge in [0.1, 0.15) is 11.1 Å². The van der Waals surface area contributed by atoms with Gasteiger partial charge in [0.2, 0.25) is 0 Å². The van der Waals surface area contributed by atoms with Gasteiger partial charge < -0.3 is 0 Å². The first-order valence-electron chi connectivity index (χ1n) is 7.72. The first kappa shape index (κ1) is 17.7. The molecule has 0 spiro atoms. The number of allylic oxidation sites excluding steroid dienone is 1. The Morgan fingerprint density at radius 3 is 2.56 bits per heavy atom. The molecule has 25 heavy (non-hydrogen) atoms. The molecule has 0 radical (unpaired) electrons. The van der Waals surface area contributed by atoms with Crippen molar-refractivity contribution < 1.29 is 0 Å². The molecule has 0 aliphatic rings. The van der Waals surface area contributed by atoms with Crippen molar-refractivity contribution in [3.05, 3.63) is 74.0 Å². The summed E-state index contributed by atoms with van der Waals surface area (Å²) in [5, 5.41) is 13.1. The summed E-state index contributed by atoms with van der Waals surface area (Å²) in [7, 11) is 0. The standard InChI is InChI=1S/C20H14Cl2N2S/c1-2-13-3-5-14(6-4-13)9-16(11-23)20-24-19(12-25-20)15-7-8-17(21)18(22)10-15/h3-10,12H,2H2,1H3. The molecule has 0 saturated heterocycles. The maximum absolute atomic E-state index is 9.51. The van der Waals surface area contributed by atoms with E-state index in [9.17, 15) is 5.26 Å². The van der Waals surface area contributed by atoms with Gasteiger partial charge in [0.05, 0.1) is 21.3 Å². The molecule has 0 unspecified atom stereocenters. The van der Waals surface area contributed by atoms with Crippen molar-refractivity contribution in [3.63, 3.8) is 0 Å². The van der Waals surface area contributed by atoms with Crippen LogP contribution in [0.5, 0.6) is 0 Å². The lowest BCUT2D eigenvalue weighted by Gasteiger charge is -2.00. The SMILES string of the molecule is CCc1ccc(C=C(C#N)c2nc(-c3ccc(Cl)c(Cl)c3)cs2)cc1. The Balaban J connectivity index is 1.91. The van der Waals surface area contributed by atoms with E-state index in [2.05, 4.69) is 30.1 Å². The topological polar surface area (TPSA) is 36.7 Å². The summed E-state index contributed by atoms with van der Waals surface area (Å²) in [5.74, 6) is 0. The van der Waals surface area contributed by atoms with Crippen LogP contribution in [0.4, 0.5) is 0 Å². The highest BCUT2D eigenvalue weighted by Crippen LogP contribution is 2.31. The highest BCUT2D eigenvalue weighted by Gasteiger charge is 2.10. The van der Waals surface area contributed by atoms with E-state index in [0.29, 0.717) is 20.6 Å².